The molecule has 1 aliphatic heterocycles. The second-order valence-corrected chi connectivity index (χ2v) is 4.58. The van der Waals surface area contributed by atoms with Crippen LogP contribution in [0, 0.1) is 0 Å². The van der Waals surface area contributed by atoms with E-state index in [0.29, 0.717) is 0 Å². The summed E-state index contributed by atoms with van der Waals surface area (Å²) in [5, 5.41) is 0. The molecule has 1 aromatic rings. The minimum absolute atomic E-state index is 1.09. The molecule has 1 aliphatic rings. The Balaban J connectivity index is 1.86. The summed E-state index contributed by atoms with van der Waals surface area (Å²) in [6.45, 7) is 5.71. The number of hydrogen-bond donors (Lipinski definition) is 0. The topological polar surface area (TPSA) is 3.24 Å². The van der Waals surface area contributed by atoms with Crippen LogP contribution in [-0.2, 0) is 6.54 Å². The van der Waals surface area contributed by atoms with E-state index in [-0.39, 0.29) is 0 Å². The van der Waals surface area contributed by atoms with Gasteiger partial charge >= 0.3 is 0 Å². The molecule has 0 fully saturated rings. The maximum absolute atomic E-state index is 2.52. The normalized spacial score (nSPS) is 17.2. The van der Waals surface area contributed by atoms with Crippen LogP contribution in [0.1, 0.15) is 31.7 Å². The minimum Gasteiger partial charge on any atom is -0.295 e. The van der Waals surface area contributed by atoms with Crippen LogP contribution in [-0.4, -0.2) is 18.0 Å². The molecule has 0 N–H and O–H groups in total. The van der Waals surface area contributed by atoms with Crippen molar-refractivity contribution in [2.75, 3.05) is 13.1 Å². The van der Waals surface area contributed by atoms with Gasteiger partial charge in [0.2, 0.25) is 0 Å². The smallest absolute Gasteiger partial charge is 0.0237 e. The van der Waals surface area contributed by atoms with Crippen molar-refractivity contribution < 1.29 is 0 Å². The Morgan fingerprint density at radius 1 is 1.19 bits per heavy atom. The second kappa shape index (κ2) is 5.86. The molecule has 86 valence electrons. The minimum atomic E-state index is 1.09. The summed E-state index contributed by atoms with van der Waals surface area (Å²) in [7, 11) is 0. The summed E-state index contributed by atoms with van der Waals surface area (Å²) >= 11 is 0. The summed E-state index contributed by atoms with van der Waals surface area (Å²) in [4.78, 5) is 2.52. The van der Waals surface area contributed by atoms with Gasteiger partial charge in [0.15, 0.2) is 0 Å². The molecule has 0 unspecified atom stereocenters. The molecular weight excluding hydrogens is 194 g/mol. The van der Waals surface area contributed by atoms with Gasteiger partial charge in [-0.2, -0.15) is 0 Å². The Kier molecular flexibility index (Phi) is 4.17. The average Bonchev–Trinajstić information content (AvgIpc) is 2.33. The first-order valence-corrected chi connectivity index (χ1v) is 6.32. The van der Waals surface area contributed by atoms with E-state index in [0.717, 1.165) is 13.1 Å². The summed E-state index contributed by atoms with van der Waals surface area (Å²) in [5.74, 6) is 0. The predicted octanol–water partition coefficient (Wildman–Crippen LogP) is 3.62. The molecular formula is C15H21N. The van der Waals surface area contributed by atoms with Crippen LogP contribution in [0.2, 0.25) is 0 Å². The van der Waals surface area contributed by atoms with Crippen LogP contribution in [0.5, 0.6) is 0 Å². The Hall–Kier alpha value is -1.08. The lowest BCUT2D eigenvalue weighted by atomic mass is 10.0. The van der Waals surface area contributed by atoms with Crippen molar-refractivity contribution in [3.05, 3.63) is 47.5 Å². The van der Waals surface area contributed by atoms with E-state index in [2.05, 4.69) is 48.2 Å². The highest BCUT2D eigenvalue weighted by molar-refractivity contribution is 5.15. The molecule has 0 spiro atoms. The summed E-state index contributed by atoms with van der Waals surface area (Å²) in [6, 6.07) is 10.8. The molecule has 0 saturated heterocycles. The largest absolute Gasteiger partial charge is 0.295 e. The molecule has 0 saturated carbocycles. The molecule has 1 heteroatoms. The van der Waals surface area contributed by atoms with Gasteiger partial charge in [0.1, 0.15) is 0 Å². The van der Waals surface area contributed by atoms with Gasteiger partial charge in [-0.05, 0) is 18.4 Å². The lowest BCUT2D eigenvalue weighted by molar-refractivity contribution is 0.284. The van der Waals surface area contributed by atoms with Crippen molar-refractivity contribution in [3.8, 4) is 0 Å². The van der Waals surface area contributed by atoms with Gasteiger partial charge in [-0.15, -0.1) is 0 Å². The first-order chi connectivity index (χ1) is 7.88. The summed E-state index contributed by atoms with van der Waals surface area (Å²) < 4.78 is 0. The number of hydrogen-bond acceptors (Lipinski definition) is 1. The predicted molar refractivity (Wildman–Crippen MR) is 69.3 cm³/mol. The van der Waals surface area contributed by atoms with Crippen LogP contribution in [0.3, 0.4) is 0 Å². The molecule has 0 bridgehead atoms. The monoisotopic (exact) mass is 215 g/mol. The zero-order valence-corrected chi connectivity index (χ0v) is 10.2. The Labute approximate surface area is 98.8 Å². The lowest BCUT2D eigenvalue weighted by Gasteiger charge is -2.26. The van der Waals surface area contributed by atoms with Gasteiger partial charge in [0.25, 0.3) is 0 Å². The standard InChI is InChI=1S/C15H21N/c1-2-6-14-9-11-16(12-10-14)13-15-7-4-3-5-8-15/h3-5,7-9H,2,6,10-13H2,1H3. The lowest BCUT2D eigenvalue weighted by Crippen LogP contribution is -2.28. The zero-order valence-electron chi connectivity index (χ0n) is 10.2. The van der Waals surface area contributed by atoms with Gasteiger partial charge in [-0.3, -0.25) is 4.90 Å². The Bertz CT molecular complexity index is 340. The van der Waals surface area contributed by atoms with Crippen molar-refractivity contribution in [3.63, 3.8) is 0 Å². The SMILES string of the molecule is CCCC1=CCN(Cc2ccccc2)CC1. The molecule has 1 nitrogen and oxygen atoms in total. The third-order valence-electron chi connectivity index (χ3n) is 3.21. The molecule has 2 rings (SSSR count). The fraction of sp³-hybridized carbons (Fsp3) is 0.467. The van der Waals surface area contributed by atoms with Crippen molar-refractivity contribution in [1.82, 2.24) is 4.90 Å². The van der Waals surface area contributed by atoms with E-state index in [1.54, 1.807) is 5.57 Å². The third-order valence-corrected chi connectivity index (χ3v) is 3.21. The molecule has 0 aromatic heterocycles. The highest BCUT2D eigenvalue weighted by Crippen LogP contribution is 2.17. The van der Waals surface area contributed by atoms with E-state index >= 15 is 0 Å². The zero-order chi connectivity index (χ0) is 11.2. The first kappa shape index (κ1) is 11.4. The van der Waals surface area contributed by atoms with Crippen molar-refractivity contribution >= 4 is 0 Å². The van der Waals surface area contributed by atoms with E-state index < -0.39 is 0 Å². The number of rotatable bonds is 4. The summed E-state index contributed by atoms with van der Waals surface area (Å²) in [6.07, 6.45) is 6.26. The Morgan fingerprint density at radius 3 is 2.62 bits per heavy atom. The van der Waals surface area contributed by atoms with Crippen molar-refractivity contribution in [2.45, 2.75) is 32.7 Å². The molecule has 1 heterocycles. The van der Waals surface area contributed by atoms with Gasteiger partial charge in [0, 0.05) is 19.6 Å². The van der Waals surface area contributed by atoms with Gasteiger partial charge in [0.05, 0.1) is 0 Å². The molecule has 0 atom stereocenters. The molecule has 0 amide bonds. The van der Waals surface area contributed by atoms with Crippen molar-refractivity contribution in [2.24, 2.45) is 0 Å². The molecule has 16 heavy (non-hydrogen) atoms. The Morgan fingerprint density at radius 2 is 2.00 bits per heavy atom. The van der Waals surface area contributed by atoms with Crippen LogP contribution >= 0.6 is 0 Å². The fourth-order valence-electron chi connectivity index (χ4n) is 2.29. The quantitative estimate of drug-likeness (QED) is 0.693. The van der Waals surface area contributed by atoms with Crippen LogP contribution in [0.25, 0.3) is 0 Å². The van der Waals surface area contributed by atoms with E-state index in [1.807, 2.05) is 0 Å². The maximum atomic E-state index is 2.52. The highest BCUT2D eigenvalue weighted by Gasteiger charge is 2.10. The molecule has 0 aliphatic carbocycles. The summed E-state index contributed by atoms with van der Waals surface area (Å²) in [5.41, 5.74) is 3.08. The molecule has 0 radical (unpaired) electrons. The van der Waals surface area contributed by atoms with Crippen LogP contribution in [0.15, 0.2) is 42.0 Å². The van der Waals surface area contributed by atoms with E-state index in [1.165, 1.54) is 31.4 Å². The second-order valence-electron chi connectivity index (χ2n) is 4.58. The molecule has 1 aromatic carbocycles. The average molecular weight is 215 g/mol. The van der Waals surface area contributed by atoms with E-state index in [9.17, 15) is 0 Å². The third kappa shape index (κ3) is 3.21. The van der Waals surface area contributed by atoms with Crippen LogP contribution < -0.4 is 0 Å². The highest BCUT2D eigenvalue weighted by atomic mass is 15.1. The van der Waals surface area contributed by atoms with Gasteiger partial charge in [-0.1, -0.05) is 55.3 Å². The van der Waals surface area contributed by atoms with E-state index in [4.69, 9.17) is 0 Å². The van der Waals surface area contributed by atoms with Crippen LogP contribution in [0.4, 0.5) is 0 Å². The van der Waals surface area contributed by atoms with Gasteiger partial charge < -0.3 is 0 Å². The fourth-order valence-corrected chi connectivity index (χ4v) is 2.29. The first-order valence-electron chi connectivity index (χ1n) is 6.32. The number of benzene rings is 1. The van der Waals surface area contributed by atoms with Gasteiger partial charge in [-0.25, -0.2) is 0 Å². The van der Waals surface area contributed by atoms with Crippen molar-refractivity contribution in [1.29, 1.82) is 0 Å². The maximum Gasteiger partial charge on any atom is 0.0237 e. The number of nitrogens with zero attached hydrogens (tertiary/aromatic N) is 1.